The number of hydrogen-bond acceptors (Lipinski definition) is 3. The van der Waals surface area contributed by atoms with Gasteiger partial charge in [0.1, 0.15) is 0 Å². The number of carbonyl (C=O) groups excluding carboxylic acids is 1. The minimum absolute atomic E-state index is 0.113. The van der Waals surface area contributed by atoms with Crippen molar-refractivity contribution < 1.29 is 4.79 Å². The number of nitrogens with one attached hydrogen (secondary N) is 1. The highest BCUT2D eigenvalue weighted by atomic mass is 32.2. The van der Waals surface area contributed by atoms with Gasteiger partial charge < -0.3 is 10.2 Å². The van der Waals surface area contributed by atoms with E-state index in [1.807, 2.05) is 30.5 Å². The van der Waals surface area contributed by atoms with Gasteiger partial charge in [-0.15, -0.1) is 11.8 Å². The SMILES string of the molecule is CSc1ccccc1NC(=O)CCN1CC(C)CC(C)C1. The zero-order chi connectivity index (χ0) is 15.2. The molecule has 3 nitrogen and oxygen atoms in total. The Morgan fingerprint density at radius 2 is 1.95 bits per heavy atom. The summed E-state index contributed by atoms with van der Waals surface area (Å²) >= 11 is 1.66. The minimum atomic E-state index is 0.113. The Kier molecular flexibility index (Phi) is 6.12. The van der Waals surface area contributed by atoms with E-state index in [4.69, 9.17) is 0 Å². The summed E-state index contributed by atoms with van der Waals surface area (Å²) in [4.78, 5) is 15.7. The number of nitrogens with zero attached hydrogens (tertiary/aromatic N) is 1. The number of benzene rings is 1. The summed E-state index contributed by atoms with van der Waals surface area (Å²) in [7, 11) is 0. The van der Waals surface area contributed by atoms with Crippen molar-refractivity contribution in [3.8, 4) is 0 Å². The number of hydrogen-bond donors (Lipinski definition) is 1. The predicted molar refractivity (Wildman–Crippen MR) is 90.9 cm³/mol. The van der Waals surface area contributed by atoms with Crippen LogP contribution in [0.5, 0.6) is 0 Å². The molecule has 1 saturated heterocycles. The first-order chi connectivity index (χ1) is 10.1. The molecule has 2 unspecified atom stereocenters. The Balaban J connectivity index is 1.82. The summed E-state index contributed by atoms with van der Waals surface area (Å²) in [5, 5.41) is 3.04. The van der Waals surface area contributed by atoms with Crippen molar-refractivity contribution in [2.45, 2.75) is 31.6 Å². The lowest BCUT2D eigenvalue weighted by atomic mass is 9.92. The van der Waals surface area contributed by atoms with Crippen molar-refractivity contribution in [2.75, 3.05) is 31.2 Å². The molecule has 0 saturated carbocycles. The Morgan fingerprint density at radius 1 is 1.29 bits per heavy atom. The highest BCUT2D eigenvalue weighted by Gasteiger charge is 2.21. The second kappa shape index (κ2) is 7.85. The molecule has 1 N–H and O–H groups in total. The summed E-state index contributed by atoms with van der Waals surface area (Å²) in [5.41, 5.74) is 0.926. The van der Waals surface area contributed by atoms with Gasteiger partial charge in [0.25, 0.3) is 0 Å². The normalized spacial score (nSPS) is 23.0. The second-order valence-corrected chi connectivity index (χ2v) is 7.05. The van der Waals surface area contributed by atoms with Gasteiger partial charge in [0.2, 0.25) is 5.91 Å². The average molecular weight is 306 g/mol. The van der Waals surface area contributed by atoms with E-state index < -0.39 is 0 Å². The van der Waals surface area contributed by atoms with Crippen LogP contribution in [0.2, 0.25) is 0 Å². The number of amides is 1. The summed E-state index contributed by atoms with van der Waals surface area (Å²) in [6, 6.07) is 7.96. The number of rotatable bonds is 5. The van der Waals surface area contributed by atoms with Gasteiger partial charge in [-0.2, -0.15) is 0 Å². The van der Waals surface area contributed by atoms with Crippen LogP contribution in [0.15, 0.2) is 29.2 Å². The van der Waals surface area contributed by atoms with Gasteiger partial charge in [0.05, 0.1) is 5.69 Å². The number of likely N-dealkylation sites (tertiary alicyclic amines) is 1. The third-order valence-electron chi connectivity index (χ3n) is 3.98. The smallest absolute Gasteiger partial charge is 0.225 e. The van der Waals surface area contributed by atoms with E-state index in [1.54, 1.807) is 11.8 Å². The summed E-state index contributed by atoms with van der Waals surface area (Å²) in [5.74, 6) is 1.60. The lowest BCUT2D eigenvalue weighted by molar-refractivity contribution is -0.116. The molecule has 1 aliphatic rings. The van der Waals surface area contributed by atoms with Crippen molar-refractivity contribution in [3.05, 3.63) is 24.3 Å². The summed E-state index contributed by atoms with van der Waals surface area (Å²) < 4.78 is 0. The van der Waals surface area contributed by atoms with Crippen LogP contribution in [0.1, 0.15) is 26.7 Å². The van der Waals surface area contributed by atoms with Gasteiger partial charge in [-0.1, -0.05) is 26.0 Å². The molecule has 1 fully saturated rings. The van der Waals surface area contributed by atoms with Gasteiger partial charge in [-0.3, -0.25) is 4.79 Å². The van der Waals surface area contributed by atoms with Gasteiger partial charge in [0.15, 0.2) is 0 Å². The highest BCUT2D eigenvalue weighted by Crippen LogP contribution is 2.25. The van der Waals surface area contributed by atoms with Gasteiger partial charge in [-0.05, 0) is 36.6 Å². The largest absolute Gasteiger partial charge is 0.325 e. The van der Waals surface area contributed by atoms with Crippen LogP contribution in [0.25, 0.3) is 0 Å². The average Bonchev–Trinajstić information content (AvgIpc) is 2.45. The maximum Gasteiger partial charge on any atom is 0.225 e. The molecule has 21 heavy (non-hydrogen) atoms. The molecule has 0 aromatic heterocycles. The molecule has 4 heteroatoms. The molecule has 1 aromatic rings. The lowest BCUT2D eigenvalue weighted by Crippen LogP contribution is -2.40. The Hall–Kier alpha value is -1.00. The molecule has 0 radical (unpaired) electrons. The Labute approximate surface area is 132 Å². The van der Waals surface area contributed by atoms with Gasteiger partial charge >= 0.3 is 0 Å². The van der Waals surface area contributed by atoms with Gasteiger partial charge in [-0.25, -0.2) is 0 Å². The monoisotopic (exact) mass is 306 g/mol. The first kappa shape index (κ1) is 16.4. The summed E-state index contributed by atoms with van der Waals surface area (Å²) in [6.07, 6.45) is 3.91. The standard InChI is InChI=1S/C17H26N2OS/c1-13-10-14(2)12-19(11-13)9-8-17(20)18-15-6-4-5-7-16(15)21-3/h4-7,13-14H,8-12H2,1-3H3,(H,18,20). The zero-order valence-corrected chi connectivity index (χ0v) is 14.1. The molecule has 1 aromatic carbocycles. The molecule has 0 bridgehead atoms. The fourth-order valence-electron chi connectivity index (χ4n) is 3.19. The highest BCUT2D eigenvalue weighted by molar-refractivity contribution is 7.98. The minimum Gasteiger partial charge on any atom is -0.325 e. The molecule has 116 valence electrons. The summed E-state index contributed by atoms with van der Waals surface area (Å²) in [6.45, 7) is 7.72. The molecule has 2 atom stereocenters. The van der Waals surface area contributed by atoms with Crippen LogP contribution in [-0.2, 0) is 4.79 Å². The maximum absolute atomic E-state index is 12.1. The molecule has 1 amide bonds. The second-order valence-electron chi connectivity index (χ2n) is 6.20. The lowest BCUT2D eigenvalue weighted by Gasteiger charge is -2.34. The number of anilines is 1. The molecule has 0 spiro atoms. The number of piperidine rings is 1. The van der Waals surface area contributed by atoms with Crippen molar-refractivity contribution in [2.24, 2.45) is 11.8 Å². The molecule has 2 rings (SSSR count). The first-order valence-corrected chi connectivity index (χ1v) is 8.96. The van der Waals surface area contributed by atoms with E-state index in [-0.39, 0.29) is 5.91 Å². The third-order valence-corrected chi connectivity index (χ3v) is 4.78. The molecule has 1 heterocycles. The van der Waals surface area contributed by atoms with Crippen LogP contribution in [0.4, 0.5) is 5.69 Å². The van der Waals surface area contributed by atoms with Crippen LogP contribution in [0, 0.1) is 11.8 Å². The molecular weight excluding hydrogens is 280 g/mol. The van der Waals surface area contributed by atoms with Crippen molar-refractivity contribution in [1.29, 1.82) is 0 Å². The van der Waals surface area contributed by atoms with Crippen molar-refractivity contribution >= 4 is 23.4 Å². The van der Waals surface area contributed by atoms with E-state index >= 15 is 0 Å². The third kappa shape index (κ3) is 5.04. The van der Waals surface area contributed by atoms with Crippen molar-refractivity contribution in [1.82, 2.24) is 4.90 Å². The maximum atomic E-state index is 12.1. The fraction of sp³-hybridized carbons (Fsp3) is 0.588. The topological polar surface area (TPSA) is 32.3 Å². The quantitative estimate of drug-likeness (QED) is 0.842. The van der Waals surface area contributed by atoms with E-state index in [1.165, 1.54) is 6.42 Å². The van der Waals surface area contributed by atoms with Crippen LogP contribution in [-0.4, -0.2) is 36.7 Å². The zero-order valence-electron chi connectivity index (χ0n) is 13.3. The predicted octanol–water partition coefficient (Wildman–Crippen LogP) is 3.72. The van der Waals surface area contributed by atoms with Crippen molar-refractivity contribution in [3.63, 3.8) is 0 Å². The Morgan fingerprint density at radius 3 is 2.62 bits per heavy atom. The fourth-order valence-corrected chi connectivity index (χ4v) is 3.75. The number of carbonyl (C=O) groups is 1. The molecular formula is C17H26N2OS. The molecule has 0 aliphatic carbocycles. The number of thioether (sulfide) groups is 1. The van der Waals surface area contributed by atoms with E-state index in [0.717, 1.165) is 42.1 Å². The van der Waals surface area contributed by atoms with E-state index in [2.05, 4.69) is 24.1 Å². The Bertz CT molecular complexity index is 468. The van der Waals surface area contributed by atoms with Gasteiger partial charge in [0, 0.05) is 31.0 Å². The van der Waals surface area contributed by atoms with E-state index in [0.29, 0.717) is 6.42 Å². The van der Waals surface area contributed by atoms with Crippen LogP contribution < -0.4 is 5.32 Å². The first-order valence-electron chi connectivity index (χ1n) is 7.73. The number of para-hydroxylation sites is 1. The van der Waals surface area contributed by atoms with E-state index in [9.17, 15) is 4.79 Å². The molecule has 1 aliphatic heterocycles. The van der Waals surface area contributed by atoms with Crippen LogP contribution in [0.3, 0.4) is 0 Å². The van der Waals surface area contributed by atoms with Crippen LogP contribution >= 0.6 is 11.8 Å².